The van der Waals surface area contributed by atoms with Crippen molar-refractivity contribution in [3.63, 3.8) is 0 Å². The van der Waals surface area contributed by atoms with Crippen molar-refractivity contribution in [3.05, 3.63) is 47.1 Å². The first-order valence-electron chi connectivity index (χ1n) is 8.95. The summed E-state index contributed by atoms with van der Waals surface area (Å²) in [4.78, 5) is 19.5. The summed E-state index contributed by atoms with van der Waals surface area (Å²) >= 11 is 0. The number of piperidine rings is 1. The molecule has 2 atom stereocenters. The van der Waals surface area contributed by atoms with E-state index in [4.69, 9.17) is 4.52 Å². The van der Waals surface area contributed by atoms with Crippen LogP contribution in [0.5, 0.6) is 0 Å². The minimum Gasteiger partial charge on any atom is -0.341 e. The third-order valence-electron chi connectivity index (χ3n) is 5.32. The molecule has 0 unspecified atom stereocenters. The zero-order chi connectivity index (χ0) is 16.5. The second kappa shape index (κ2) is 6.38. The average molecular weight is 325 g/mol. The lowest BCUT2D eigenvalue weighted by molar-refractivity contribution is -0.134. The molecule has 1 aliphatic heterocycles. The smallest absolute Gasteiger partial charge is 0.230 e. The lowest BCUT2D eigenvalue weighted by Gasteiger charge is -2.33. The Balaban J connectivity index is 1.49. The van der Waals surface area contributed by atoms with Crippen molar-refractivity contribution in [2.75, 3.05) is 13.1 Å². The van der Waals surface area contributed by atoms with Gasteiger partial charge >= 0.3 is 0 Å². The lowest BCUT2D eigenvalue weighted by Crippen LogP contribution is -2.41. The molecule has 0 N–H and O–H groups in total. The summed E-state index contributed by atoms with van der Waals surface area (Å²) in [6.07, 6.45) is 4.71. The number of aryl methyl sites for hydroxylation is 2. The number of fused-ring (bicyclic) bond motifs is 1. The van der Waals surface area contributed by atoms with Crippen LogP contribution in [0.2, 0.25) is 0 Å². The first kappa shape index (κ1) is 15.4. The Morgan fingerprint density at radius 3 is 3.04 bits per heavy atom. The second-order valence-electron chi connectivity index (χ2n) is 6.81. The monoisotopic (exact) mass is 325 g/mol. The zero-order valence-corrected chi connectivity index (χ0v) is 14.1. The molecule has 4 rings (SSSR count). The van der Waals surface area contributed by atoms with Crippen molar-refractivity contribution in [1.82, 2.24) is 15.0 Å². The van der Waals surface area contributed by atoms with Crippen LogP contribution in [0.4, 0.5) is 0 Å². The van der Waals surface area contributed by atoms with Gasteiger partial charge in [0, 0.05) is 25.4 Å². The molecule has 2 heterocycles. The summed E-state index contributed by atoms with van der Waals surface area (Å²) in [6.45, 7) is 3.55. The maximum atomic E-state index is 13.1. The van der Waals surface area contributed by atoms with E-state index in [0.717, 1.165) is 44.5 Å². The van der Waals surface area contributed by atoms with Crippen molar-refractivity contribution in [1.29, 1.82) is 0 Å². The Bertz CT molecular complexity index is 740. The number of aromatic nitrogens is 2. The van der Waals surface area contributed by atoms with E-state index < -0.39 is 0 Å². The van der Waals surface area contributed by atoms with Gasteiger partial charge in [-0.1, -0.05) is 36.3 Å². The summed E-state index contributed by atoms with van der Waals surface area (Å²) in [7, 11) is 0. The van der Waals surface area contributed by atoms with Crippen LogP contribution in [-0.2, 0) is 17.6 Å². The van der Waals surface area contributed by atoms with Crippen molar-refractivity contribution in [3.8, 4) is 0 Å². The molecule has 0 bridgehead atoms. The third-order valence-corrected chi connectivity index (χ3v) is 5.32. The van der Waals surface area contributed by atoms with E-state index in [1.165, 1.54) is 11.1 Å². The Kier molecular flexibility index (Phi) is 4.08. The van der Waals surface area contributed by atoms with E-state index in [-0.39, 0.29) is 17.7 Å². The molecular weight excluding hydrogens is 302 g/mol. The summed E-state index contributed by atoms with van der Waals surface area (Å²) in [6, 6.07) is 8.35. The van der Waals surface area contributed by atoms with Gasteiger partial charge in [0.05, 0.1) is 5.92 Å². The van der Waals surface area contributed by atoms with Crippen molar-refractivity contribution in [2.45, 2.75) is 50.9 Å². The standard InChI is InChI=1S/C19H23N3O2/c1-2-17-20-18(21-24-17)14-7-5-11-22(12-14)19(23)16-10-9-13-6-3-4-8-15(13)16/h3-4,6,8,14,16H,2,5,7,9-12H2,1H3/t14-,16-/m0/s1. The first-order chi connectivity index (χ1) is 11.8. The fourth-order valence-corrected chi connectivity index (χ4v) is 4.00. The molecular formula is C19H23N3O2. The van der Waals surface area contributed by atoms with E-state index in [9.17, 15) is 4.79 Å². The number of carbonyl (C=O) groups is 1. The van der Waals surface area contributed by atoms with Crippen LogP contribution in [0.1, 0.15) is 60.9 Å². The molecule has 2 aromatic rings. The van der Waals surface area contributed by atoms with E-state index in [2.05, 4.69) is 28.3 Å². The number of nitrogens with zero attached hydrogens (tertiary/aromatic N) is 3. The summed E-state index contributed by atoms with van der Waals surface area (Å²) in [5.74, 6) is 1.93. The van der Waals surface area contributed by atoms with Gasteiger partial charge in [-0.2, -0.15) is 4.98 Å². The molecule has 1 fully saturated rings. The quantitative estimate of drug-likeness (QED) is 0.870. The molecule has 1 aliphatic carbocycles. The Morgan fingerprint density at radius 2 is 2.21 bits per heavy atom. The highest BCUT2D eigenvalue weighted by Gasteiger charge is 2.35. The third kappa shape index (κ3) is 2.72. The summed E-state index contributed by atoms with van der Waals surface area (Å²) in [5.41, 5.74) is 2.55. The van der Waals surface area contributed by atoms with Crippen molar-refractivity contribution < 1.29 is 9.32 Å². The van der Waals surface area contributed by atoms with Gasteiger partial charge in [0.15, 0.2) is 5.82 Å². The molecule has 126 valence electrons. The van der Waals surface area contributed by atoms with Gasteiger partial charge in [-0.15, -0.1) is 0 Å². The van der Waals surface area contributed by atoms with Crippen LogP contribution >= 0.6 is 0 Å². The van der Waals surface area contributed by atoms with Crippen molar-refractivity contribution >= 4 is 5.91 Å². The SMILES string of the molecule is CCc1nc([C@H]2CCCN(C(=O)[C@H]3CCc4ccccc43)C2)no1. The minimum absolute atomic E-state index is 0.0245. The molecule has 0 saturated carbocycles. The minimum atomic E-state index is 0.0245. The van der Waals surface area contributed by atoms with E-state index in [0.29, 0.717) is 12.4 Å². The van der Waals surface area contributed by atoms with Crippen LogP contribution in [0.25, 0.3) is 0 Å². The fraction of sp³-hybridized carbons (Fsp3) is 0.526. The number of rotatable bonds is 3. The number of carbonyl (C=O) groups excluding carboxylic acids is 1. The maximum Gasteiger partial charge on any atom is 0.230 e. The second-order valence-corrected chi connectivity index (χ2v) is 6.81. The molecule has 5 nitrogen and oxygen atoms in total. The summed E-state index contributed by atoms with van der Waals surface area (Å²) in [5, 5.41) is 4.11. The van der Waals surface area contributed by atoms with Crippen molar-refractivity contribution in [2.24, 2.45) is 0 Å². The normalized spacial score (nSPS) is 23.3. The number of amides is 1. The largest absolute Gasteiger partial charge is 0.341 e. The molecule has 1 saturated heterocycles. The zero-order valence-electron chi connectivity index (χ0n) is 14.1. The highest BCUT2D eigenvalue weighted by Crippen LogP contribution is 2.36. The highest BCUT2D eigenvalue weighted by atomic mass is 16.5. The maximum absolute atomic E-state index is 13.1. The summed E-state index contributed by atoms with van der Waals surface area (Å²) < 4.78 is 5.24. The Morgan fingerprint density at radius 1 is 1.33 bits per heavy atom. The van der Waals surface area contributed by atoms with E-state index in [1.54, 1.807) is 0 Å². The molecule has 1 aromatic carbocycles. The van der Waals surface area contributed by atoms with E-state index in [1.807, 2.05) is 17.9 Å². The number of hydrogen-bond donors (Lipinski definition) is 0. The Labute approximate surface area is 142 Å². The van der Waals surface area contributed by atoms with Gasteiger partial charge in [0.2, 0.25) is 11.8 Å². The van der Waals surface area contributed by atoms with E-state index >= 15 is 0 Å². The fourth-order valence-electron chi connectivity index (χ4n) is 4.00. The van der Waals surface area contributed by atoms with Gasteiger partial charge < -0.3 is 9.42 Å². The van der Waals surface area contributed by atoms with Gasteiger partial charge in [0.1, 0.15) is 0 Å². The predicted molar refractivity (Wildman–Crippen MR) is 89.7 cm³/mol. The van der Waals surface area contributed by atoms with Gasteiger partial charge in [-0.05, 0) is 36.8 Å². The molecule has 1 aromatic heterocycles. The van der Waals surface area contributed by atoms with Crippen LogP contribution < -0.4 is 0 Å². The molecule has 1 amide bonds. The van der Waals surface area contributed by atoms with Gasteiger partial charge in [0.25, 0.3) is 0 Å². The van der Waals surface area contributed by atoms with Gasteiger partial charge in [-0.25, -0.2) is 0 Å². The van der Waals surface area contributed by atoms with Crippen LogP contribution in [0, 0.1) is 0 Å². The predicted octanol–water partition coefficient (Wildman–Crippen LogP) is 3.07. The molecule has 24 heavy (non-hydrogen) atoms. The molecule has 0 spiro atoms. The lowest BCUT2D eigenvalue weighted by atomic mass is 9.94. The molecule has 0 radical (unpaired) electrons. The number of likely N-dealkylation sites (tertiary alicyclic amines) is 1. The number of hydrogen-bond acceptors (Lipinski definition) is 4. The van der Waals surface area contributed by atoms with Gasteiger partial charge in [-0.3, -0.25) is 4.79 Å². The topological polar surface area (TPSA) is 59.2 Å². The highest BCUT2D eigenvalue weighted by molar-refractivity contribution is 5.85. The van der Waals surface area contributed by atoms with Crippen LogP contribution in [-0.4, -0.2) is 34.0 Å². The van der Waals surface area contributed by atoms with Crippen LogP contribution in [0.15, 0.2) is 28.8 Å². The Hall–Kier alpha value is -2.17. The number of benzene rings is 1. The molecule has 5 heteroatoms. The molecule has 2 aliphatic rings. The first-order valence-corrected chi connectivity index (χ1v) is 8.95. The average Bonchev–Trinajstić information content (AvgIpc) is 3.28. The van der Waals surface area contributed by atoms with Crippen LogP contribution in [0.3, 0.4) is 0 Å².